The number of methoxy groups -OCH3 is 2. The van der Waals surface area contributed by atoms with E-state index in [1.54, 1.807) is 26.4 Å². The Bertz CT molecular complexity index is 357. The Balaban J connectivity index is 0.00000289. The summed E-state index contributed by atoms with van der Waals surface area (Å²) in [7, 11) is 3.11. The Kier molecular flexibility index (Phi) is 6.88. The second kappa shape index (κ2) is 7.34. The van der Waals surface area contributed by atoms with E-state index in [1.165, 1.54) is 0 Å². The van der Waals surface area contributed by atoms with Crippen LogP contribution in [0.5, 0.6) is 17.2 Å². The maximum absolute atomic E-state index is 9.54. The minimum absolute atomic E-state index is 0. The van der Waals surface area contributed by atoms with Gasteiger partial charge < -0.3 is 20.3 Å². The molecule has 1 aromatic rings. The van der Waals surface area contributed by atoms with Crippen LogP contribution in [0.3, 0.4) is 0 Å². The normalized spacial score (nSPS) is 11.9. The number of benzene rings is 1. The molecule has 0 radical (unpaired) electrons. The van der Waals surface area contributed by atoms with Gasteiger partial charge in [0.1, 0.15) is 17.2 Å². The topological polar surface area (TPSA) is 64.7 Å². The van der Waals surface area contributed by atoms with Crippen LogP contribution in [0.15, 0.2) is 12.1 Å². The van der Waals surface area contributed by atoms with Crippen molar-refractivity contribution in [2.45, 2.75) is 26.3 Å². The minimum Gasteiger partial charge on any atom is -0.508 e. The first-order valence-corrected chi connectivity index (χ1v) is 5.70. The smallest absolute Gasteiger partial charge is 0.131 e. The molecule has 0 amide bonds. The molecule has 0 saturated heterocycles. The predicted octanol–water partition coefficient (Wildman–Crippen LogP) is 2.88. The highest BCUT2D eigenvalue weighted by molar-refractivity contribution is 5.85. The molecule has 1 atom stereocenters. The number of phenolic OH excluding ortho intramolecular Hbond substituents is 1. The third-order valence-corrected chi connectivity index (χ3v) is 2.62. The van der Waals surface area contributed by atoms with Crippen LogP contribution in [-0.4, -0.2) is 19.3 Å². The highest BCUT2D eigenvalue weighted by Gasteiger charge is 2.19. The summed E-state index contributed by atoms with van der Waals surface area (Å²) in [5.74, 6) is 1.72. The predicted molar refractivity (Wildman–Crippen MR) is 74.8 cm³/mol. The van der Waals surface area contributed by atoms with Crippen LogP contribution in [0.4, 0.5) is 0 Å². The maximum atomic E-state index is 9.54. The van der Waals surface area contributed by atoms with E-state index in [2.05, 4.69) is 13.8 Å². The third kappa shape index (κ3) is 3.96. The summed E-state index contributed by atoms with van der Waals surface area (Å²) >= 11 is 0. The number of aromatic hydroxyl groups is 1. The molecule has 0 aliphatic carbocycles. The van der Waals surface area contributed by atoms with Gasteiger partial charge >= 0.3 is 0 Å². The zero-order valence-corrected chi connectivity index (χ0v) is 12.1. The molecule has 0 saturated carbocycles. The largest absolute Gasteiger partial charge is 0.508 e. The highest BCUT2D eigenvalue weighted by atomic mass is 35.5. The lowest BCUT2D eigenvalue weighted by Crippen LogP contribution is -2.15. The number of phenols is 1. The van der Waals surface area contributed by atoms with Gasteiger partial charge in [-0.25, -0.2) is 0 Å². The van der Waals surface area contributed by atoms with Crippen molar-refractivity contribution in [1.29, 1.82) is 0 Å². The third-order valence-electron chi connectivity index (χ3n) is 2.62. The van der Waals surface area contributed by atoms with E-state index in [1.807, 2.05) is 0 Å². The van der Waals surface area contributed by atoms with E-state index in [0.29, 0.717) is 17.4 Å². The van der Waals surface area contributed by atoms with Gasteiger partial charge in [0.25, 0.3) is 0 Å². The van der Waals surface area contributed by atoms with Crippen molar-refractivity contribution < 1.29 is 14.6 Å². The van der Waals surface area contributed by atoms with Crippen molar-refractivity contribution in [3.05, 3.63) is 17.7 Å². The fourth-order valence-corrected chi connectivity index (χ4v) is 1.92. The quantitative estimate of drug-likeness (QED) is 0.867. The summed E-state index contributed by atoms with van der Waals surface area (Å²) in [4.78, 5) is 0. The van der Waals surface area contributed by atoms with Crippen LogP contribution in [0, 0.1) is 5.92 Å². The molecular weight excluding hydrogens is 254 g/mol. The van der Waals surface area contributed by atoms with E-state index >= 15 is 0 Å². The Hall–Kier alpha value is -1.13. The van der Waals surface area contributed by atoms with Gasteiger partial charge in [-0.2, -0.15) is 0 Å². The van der Waals surface area contributed by atoms with E-state index in [0.717, 1.165) is 12.0 Å². The summed E-state index contributed by atoms with van der Waals surface area (Å²) in [6.07, 6.45) is 0.831. The molecule has 104 valence electrons. The zero-order chi connectivity index (χ0) is 13.0. The second-order valence-electron chi connectivity index (χ2n) is 4.50. The second-order valence-corrected chi connectivity index (χ2v) is 4.50. The van der Waals surface area contributed by atoms with E-state index < -0.39 is 0 Å². The van der Waals surface area contributed by atoms with Gasteiger partial charge in [-0.05, 0) is 12.3 Å². The molecule has 0 aliphatic rings. The number of hydrogen-bond donors (Lipinski definition) is 2. The Morgan fingerprint density at radius 3 is 1.94 bits per heavy atom. The van der Waals surface area contributed by atoms with E-state index in [9.17, 15) is 5.11 Å². The Morgan fingerprint density at radius 1 is 1.17 bits per heavy atom. The van der Waals surface area contributed by atoms with Crippen LogP contribution in [0.1, 0.15) is 31.9 Å². The van der Waals surface area contributed by atoms with Crippen LogP contribution in [0.2, 0.25) is 0 Å². The molecule has 0 fully saturated rings. The molecule has 18 heavy (non-hydrogen) atoms. The van der Waals surface area contributed by atoms with Crippen molar-refractivity contribution in [1.82, 2.24) is 0 Å². The van der Waals surface area contributed by atoms with Crippen LogP contribution >= 0.6 is 12.4 Å². The van der Waals surface area contributed by atoms with Crippen LogP contribution < -0.4 is 15.2 Å². The monoisotopic (exact) mass is 275 g/mol. The van der Waals surface area contributed by atoms with Gasteiger partial charge in [-0.1, -0.05) is 13.8 Å². The molecule has 0 aliphatic heterocycles. The van der Waals surface area contributed by atoms with Crippen molar-refractivity contribution >= 4 is 12.4 Å². The lowest BCUT2D eigenvalue weighted by molar-refractivity contribution is 0.364. The standard InChI is InChI=1S/C13H21NO3.ClH/c1-8(2)5-10(14)13-11(16-3)6-9(15)7-12(13)17-4;/h6-8,10,15H,5,14H2,1-4H3;1H/t10-;/m0./s1. The molecule has 0 aromatic heterocycles. The van der Waals surface area contributed by atoms with Gasteiger partial charge in [0.05, 0.1) is 19.8 Å². The maximum Gasteiger partial charge on any atom is 0.131 e. The molecular formula is C13H22ClNO3. The molecule has 3 N–H and O–H groups in total. The Labute approximate surface area is 115 Å². The Morgan fingerprint density at radius 2 is 1.61 bits per heavy atom. The number of halogens is 1. The number of rotatable bonds is 5. The first kappa shape index (κ1) is 16.9. The average Bonchev–Trinajstić information content (AvgIpc) is 2.26. The fraction of sp³-hybridized carbons (Fsp3) is 0.538. The van der Waals surface area contributed by atoms with Crippen LogP contribution in [0.25, 0.3) is 0 Å². The lowest BCUT2D eigenvalue weighted by atomic mass is 9.96. The average molecular weight is 276 g/mol. The molecule has 0 heterocycles. The summed E-state index contributed by atoms with van der Waals surface area (Å²) in [6.45, 7) is 4.22. The van der Waals surface area contributed by atoms with Gasteiger partial charge in [0, 0.05) is 18.2 Å². The highest BCUT2D eigenvalue weighted by Crippen LogP contribution is 2.38. The minimum atomic E-state index is -0.166. The SMILES string of the molecule is COc1cc(O)cc(OC)c1[C@@H](N)CC(C)C.Cl. The molecule has 0 spiro atoms. The number of hydrogen-bond acceptors (Lipinski definition) is 4. The fourth-order valence-electron chi connectivity index (χ4n) is 1.92. The molecule has 1 rings (SSSR count). The van der Waals surface area contributed by atoms with Gasteiger partial charge in [0.2, 0.25) is 0 Å². The summed E-state index contributed by atoms with van der Waals surface area (Å²) in [5, 5.41) is 9.54. The van der Waals surface area contributed by atoms with Crippen molar-refractivity contribution in [3.63, 3.8) is 0 Å². The van der Waals surface area contributed by atoms with Crippen molar-refractivity contribution in [3.8, 4) is 17.2 Å². The van der Waals surface area contributed by atoms with Crippen LogP contribution in [-0.2, 0) is 0 Å². The van der Waals surface area contributed by atoms with Crippen molar-refractivity contribution in [2.24, 2.45) is 11.7 Å². The van der Waals surface area contributed by atoms with Gasteiger partial charge in [-0.15, -0.1) is 12.4 Å². The number of ether oxygens (including phenoxy) is 2. The molecule has 1 aromatic carbocycles. The van der Waals surface area contributed by atoms with E-state index in [-0.39, 0.29) is 24.2 Å². The van der Waals surface area contributed by atoms with Gasteiger partial charge in [0.15, 0.2) is 0 Å². The zero-order valence-electron chi connectivity index (χ0n) is 11.3. The number of nitrogens with two attached hydrogens (primary N) is 1. The summed E-state index contributed by atoms with van der Waals surface area (Å²) in [6, 6.07) is 2.94. The molecule has 0 bridgehead atoms. The molecule has 0 unspecified atom stereocenters. The van der Waals surface area contributed by atoms with Gasteiger partial charge in [-0.3, -0.25) is 0 Å². The first-order chi connectivity index (χ1) is 7.99. The lowest BCUT2D eigenvalue weighted by Gasteiger charge is -2.20. The first-order valence-electron chi connectivity index (χ1n) is 5.70. The molecule has 4 nitrogen and oxygen atoms in total. The molecule has 5 heteroatoms. The van der Waals surface area contributed by atoms with E-state index in [4.69, 9.17) is 15.2 Å². The van der Waals surface area contributed by atoms with Crippen molar-refractivity contribution in [2.75, 3.05) is 14.2 Å². The summed E-state index contributed by atoms with van der Waals surface area (Å²) in [5.41, 5.74) is 6.96. The summed E-state index contributed by atoms with van der Waals surface area (Å²) < 4.78 is 10.5.